The van der Waals surface area contributed by atoms with Gasteiger partial charge in [-0.1, -0.05) is 60.1 Å². The van der Waals surface area contributed by atoms with E-state index in [0.29, 0.717) is 5.02 Å². The first-order chi connectivity index (χ1) is 10.6. The molecule has 0 bridgehead atoms. The molecule has 0 fully saturated rings. The molecule has 0 amide bonds. The number of carbonyl (C=O) groups is 1. The van der Waals surface area contributed by atoms with E-state index in [0.717, 1.165) is 16.3 Å². The minimum atomic E-state index is -0.284. The third kappa shape index (κ3) is 2.87. The summed E-state index contributed by atoms with van der Waals surface area (Å²) < 4.78 is 0. The molecule has 0 radical (unpaired) electrons. The Balaban J connectivity index is 1.96. The van der Waals surface area contributed by atoms with E-state index in [1.807, 2.05) is 42.5 Å². The zero-order valence-corrected chi connectivity index (χ0v) is 12.4. The van der Waals surface area contributed by atoms with Crippen molar-refractivity contribution in [2.45, 2.75) is 0 Å². The second-order valence-corrected chi connectivity index (χ2v) is 5.36. The Hall–Kier alpha value is -2.58. The Morgan fingerprint density at radius 1 is 1.00 bits per heavy atom. The summed E-state index contributed by atoms with van der Waals surface area (Å²) >= 11 is 5.87. The lowest BCUT2D eigenvalue weighted by atomic mass is 10.0. The van der Waals surface area contributed by atoms with Crippen LogP contribution in [0.4, 0.5) is 0 Å². The number of halogens is 1. The second-order valence-electron chi connectivity index (χ2n) is 4.93. The molecule has 2 nitrogen and oxygen atoms in total. The van der Waals surface area contributed by atoms with Crippen molar-refractivity contribution >= 4 is 34.2 Å². The first-order valence-electron chi connectivity index (χ1n) is 6.84. The normalized spacial score (nSPS) is 11.1. The zero-order valence-electron chi connectivity index (χ0n) is 11.7. The third-order valence-corrected chi connectivity index (χ3v) is 3.70. The van der Waals surface area contributed by atoms with Crippen LogP contribution in [0.5, 0.6) is 5.75 Å². The fourth-order valence-electron chi connectivity index (χ4n) is 2.36. The number of phenols is 1. The first-order valence-corrected chi connectivity index (χ1v) is 7.21. The molecule has 0 saturated heterocycles. The Bertz CT molecular complexity index is 876. The van der Waals surface area contributed by atoms with Crippen molar-refractivity contribution in [3.8, 4) is 5.75 Å². The van der Waals surface area contributed by atoms with Crippen LogP contribution >= 0.6 is 11.6 Å². The van der Waals surface area contributed by atoms with Gasteiger partial charge in [0, 0.05) is 5.02 Å². The molecule has 0 unspecified atom stereocenters. The van der Waals surface area contributed by atoms with Gasteiger partial charge in [0.25, 0.3) is 0 Å². The number of fused-ring (bicyclic) bond motifs is 1. The highest BCUT2D eigenvalue weighted by Crippen LogP contribution is 2.23. The van der Waals surface area contributed by atoms with E-state index in [4.69, 9.17) is 11.6 Å². The maximum absolute atomic E-state index is 12.2. The molecule has 3 rings (SSSR count). The van der Waals surface area contributed by atoms with Crippen LogP contribution < -0.4 is 0 Å². The molecular weight excluding hydrogens is 296 g/mol. The van der Waals surface area contributed by atoms with Crippen LogP contribution in [0.3, 0.4) is 0 Å². The Kier molecular flexibility index (Phi) is 3.94. The maximum atomic E-state index is 12.2. The predicted octanol–water partition coefficient (Wildman–Crippen LogP) is 5.09. The molecule has 22 heavy (non-hydrogen) atoms. The van der Waals surface area contributed by atoms with E-state index >= 15 is 0 Å². The highest BCUT2D eigenvalue weighted by Gasteiger charge is 2.09. The Morgan fingerprint density at radius 3 is 2.64 bits per heavy atom. The molecule has 3 aromatic carbocycles. The van der Waals surface area contributed by atoms with E-state index < -0.39 is 0 Å². The lowest BCUT2D eigenvalue weighted by Crippen LogP contribution is -1.94. The molecule has 0 spiro atoms. The van der Waals surface area contributed by atoms with Gasteiger partial charge in [0.15, 0.2) is 5.78 Å². The molecule has 0 atom stereocenters. The number of rotatable bonds is 3. The van der Waals surface area contributed by atoms with Gasteiger partial charge < -0.3 is 5.11 Å². The first kappa shape index (κ1) is 14.4. The van der Waals surface area contributed by atoms with Gasteiger partial charge in [0.05, 0.1) is 5.56 Å². The van der Waals surface area contributed by atoms with Crippen molar-refractivity contribution in [1.82, 2.24) is 0 Å². The summed E-state index contributed by atoms with van der Waals surface area (Å²) in [5.41, 5.74) is 1.15. The zero-order chi connectivity index (χ0) is 15.5. The van der Waals surface area contributed by atoms with Crippen LogP contribution in [0.2, 0.25) is 5.02 Å². The van der Waals surface area contributed by atoms with Crippen molar-refractivity contribution in [2.24, 2.45) is 0 Å². The second kappa shape index (κ2) is 6.04. The van der Waals surface area contributed by atoms with Crippen LogP contribution in [0.1, 0.15) is 15.9 Å². The van der Waals surface area contributed by atoms with E-state index in [1.165, 1.54) is 18.2 Å². The number of allylic oxidation sites excluding steroid dienone is 1. The lowest BCUT2D eigenvalue weighted by molar-refractivity contribution is 0.104. The van der Waals surface area contributed by atoms with Gasteiger partial charge in [-0.15, -0.1) is 0 Å². The molecular formula is C19H13ClO2. The van der Waals surface area contributed by atoms with Crippen LogP contribution in [-0.4, -0.2) is 10.9 Å². The average Bonchev–Trinajstić information content (AvgIpc) is 2.54. The fraction of sp³-hybridized carbons (Fsp3) is 0. The molecule has 0 aliphatic carbocycles. The Morgan fingerprint density at radius 2 is 1.77 bits per heavy atom. The number of aromatic hydroxyl groups is 1. The van der Waals surface area contributed by atoms with Crippen molar-refractivity contribution in [1.29, 1.82) is 0 Å². The van der Waals surface area contributed by atoms with E-state index in [9.17, 15) is 9.90 Å². The lowest BCUT2D eigenvalue weighted by Gasteiger charge is -2.03. The van der Waals surface area contributed by atoms with E-state index in [1.54, 1.807) is 12.1 Å². The highest BCUT2D eigenvalue weighted by molar-refractivity contribution is 6.31. The largest absolute Gasteiger partial charge is 0.507 e. The molecule has 0 aromatic heterocycles. The van der Waals surface area contributed by atoms with Crippen molar-refractivity contribution in [3.05, 3.63) is 82.9 Å². The summed E-state index contributed by atoms with van der Waals surface area (Å²) in [7, 11) is 0. The number of benzene rings is 3. The summed E-state index contributed by atoms with van der Waals surface area (Å²) in [4.78, 5) is 12.2. The molecule has 3 heteroatoms. The van der Waals surface area contributed by atoms with Crippen LogP contribution in [0, 0.1) is 0 Å². The molecule has 0 aliphatic rings. The van der Waals surface area contributed by atoms with E-state index in [-0.39, 0.29) is 17.1 Å². The van der Waals surface area contributed by atoms with Crippen molar-refractivity contribution in [2.75, 3.05) is 0 Å². The molecule has 1 N–H and O–H groups in total. The Labute approximate surface area is 133 Å². The standard InChI is InChI=1S/C19H13ClO2/c20-15-9-11-19(22)17(12-15)18(21)10-8-14-6-3-5-13-4-1-2-7-16(13)14/h1-12,22H/b10-8+. The number of ketones is 1. The average molecular weight is 309 g/mol. The summed E-state index contributed by atoms with van der Waals surface area (Å²) in [6, 6.07) is 18.3. The van der Waals surface area contributed by atoms with Gasteiger partial charge in [0.1, 0.15) is 5.75 Å². The molecule has 0 aliphatic heterocycles. The van der Waals surface area contributed by atoms with Crippen LogP contribution in [-0.2, 0) is 0 Å². The fourth-order valence-corrected chi connectivity index (χ4v) is 2.53. The maximum Gasteiger partial charge on any atom is 0.189 e. The monoisotopic (exact) mass is 308 g/mol. The summed E-state index contributed by atoms with van der Waals surface area (Å²) in [6.07, 6.45) is 3.21. The topological polar surface area (TPSA) is 37.3 Å². The number of hydrogen-bond acceptors (Lipinski definition) is 2. The summed E-state index contributed by atoms with van der Waals surface area (Å²) in [5, 5.41) is 12.4. The van der Waals surface area contributed by atoms with Gasteiger partial charge in [-0.05, 0) is 40.6 Å². The van der Waals surface area contributed by atoms with Crippen molar-refractivity contribution in [3.63, 3.8) is 0 Å². The van der Waals surface area contributed by atoms with Gasteiger partial charge in [-0.3, -0.25) is 4.79 Å². The highest BCUT2D eigenvalue weighted by atomic mass is 35.5. The molecule has 108 valence electrons. The van der Waals surface area contributed by atoms with E-state index in [2.05, 4.69) is 0 Å². The predicted molar refractivity (Wildman–Crippen MR) is 90.4 cm³/mol. The SMILES string of the molecule is O=C(/C=C/c1cccc2ccccc12)c1cc(Cl)ccc1O. The third-order valence-electron chi connectivity index (χ3n) is 3.46. The number of phenolic OH excluding ortho intramolecular Hbond substituents is 1. The number of carbonyl (C=O) groups excluding carboxylic acids is 1. The van der Waals surface area contributed by atoms with Gasteiger partial charge >= 0.3 is 0 Å². The van der Waals surface area contributed by atoms with Crippen molar-refractivity contribution < 1.29 is 9.90 Å². The molecule has 0 heterocycles. The minimum absolute atomic E-state index is 0.0723. The van der Waals surface area contributed by atoms with Crippen LogP contribution in [0.25, 0.3) is 16.8 Å². The van der Waals surface area contributed by atoms with Crippen LogP contribution in [0.15, 0.2) is 66.7 Å². The summed E-state index contributed by atoms with van der Waals surface area (Å²) in [5.74, 6) is -0.357. The van der Waals surface area contributed by atoms with Gasteiger partial charge in [-0.25, -0.2) is 0 Å². The van der Waals surface area contributed by atoms with Gasteiger partial charge in [0.2, 0.25) is 0 Å². The number of hydrogen-bond donors (Lipinski definition) is 1. The molecule has 0 saturated carbocycles. The quantitative estimate of drug-likeness (QED) is 0.540. The van der Waals surface area contributed by atoms with Gasteiger partial charge in [-0.2, -0.15) is 0 Å². The molecule has 3 aromatic rings. The smallest absolute Gasteiger partial charge is 0.189 e. The minimum Gasteiger partial charge on any atom is -0.507 e. The summed E-state index contributed by atoms with van der Waals surface area (Å²) in [6.45, 7) is 0.